The van der Waals surface area contributed by atoms with E-state index >= 15 is 0 Å². The Balaban J connectivity index is 1.42. The van der Waals surface area contributed by atoms with E-state index in [-0.39, 0.29) is 17.9 Å². The van der Waals surface area contributed by atoms with Crippen LogP contribution in [0.1, 0.15) is 62.6 Å². The summed E-state index contributed by atoms with van der Waals surface area (Å²) in [5.74, 6) is 1.73. The average molecular weight is 493 g/mol. The van der Waals surface area contributed by atoms with E-state index in [0.717, 1.165) is 33.9 Å². The first-order valence-corrected chi connectivity index (χ1v) is 13.1. The van der Waals surface area contributed by atoms with Gasteiger partial charge in [0.1, 0.15) is 17.0 Å². The maximum atomic E-state index is 14.0. The van der Waals surface area contributed by atoms with Crippen LogP contribution >= 0.6 is 11.3 Å². The van der Waals surface area contributed by atoms with Gasteiger partial charge in [0.25, 0.3) is 11.8 Å². The molecule has 2 fully saturated rings. The maximum absolute atomic E-state index is 14.0. The number of hydrogen-bond donors (Lipinski definition) is 1. The molecule has 35 heavy (non-hydrogen) atoms. The molecule has 2 aliphatic rings. The molecule has 5 rings (SSSR count). The van der Waals surface area contributed by atoms with Gasteiger partial charge in [-0.1, -0.05) is 41.9 Å². The summed E-state index contributed by atoms with van der Waals surface area (Å²) in [5, 5.41) is 7.86. The Morgan fingerprint density at radius 2 is 2.00 bits per heavy atom. The van der Waals surface area contributed by atoms with Crippen molar-refractivity contribution in [3.8, 4) is 10.4 Å². The van der Waals surface area contributed by atoms with Gasteiger partial charge < -0.3 is 14.7 Å². The molecule has 8 heteroatoms. The molecule has 1 aromatic carbocycles. The van der Waals surface area contributed by atoms with E-state index in [0.29, 0.717) is 53.6 Å². The molecule has 184 valence electrons. The smallest absolute Gasteiger partial charge is 0.274 e. The van der Waals surface area contributed by atoms with Crippen LogP contribution < -0.4 is 5.32 Å². The largest absolute Gasteiger partial charge is 0.361 e. The molecule has 4 atom stereocenters. The summed E-state index contributed by atoms with van der Waals surface area (Å²) in [6.45, 7) is 10.9. The normalized spacial score (nSPS) is 23.5. The number of likely N-dealkylation sites (tertiary alicyclic amines) is 1. The Labute approximate surface area is 209 Å². The van der Waals surface area contributed by atoms with Crippen LogP contribution in [0.5, 0.6) is 0 Å². The van der Waals surface area contributed by atoms with Crippen LogP contribution in [-0.4, -0.2) is 46.0 Å². The van der Waals surface area contributed by atoms with Gasteiger partial charge in [-0.3, -0.25) is 9.59 Å². The molecule has 3 heterocycles. The van der Waals surface area contributed by atoms with Crippen molar-refractivity contribution < 1.29 is 14.1 Å². The molecule has 1 N–H and O–H groups in total. The van der Waals surface area contributed by atoms with Crippen molar-refractivity contribution in [2.75, 3.05) is 13.1 Å². The third-order valence-electron chi connectivity index (χ3n) is 7.52. The minimum absolute atomic E-state index is 0.0375. The van der Waals surface area contributed by atoms with Crippen molar-refractivity contribution in [3.63, 3.8) is 0 Å². The number of hydrogen-bond acceptors (Lipinski definition) is 6. The molecule has 1 aliphatic carbocycles. The molecule has 0 radical (unpaired) electrons. The number of fused-ring (bicyclic) bond motifs is 1. The number of nitrogens with zero attached hydrogens (tertiary/aromatic N) is 3. The summed E-state index contributed by atoms with van der Waals surface area (Å²) < 4.78 is 5.17. The monoisotopic (exact) mass is 492 g/mol. The highest BCUT2D eigenvalue weighted by molar-refractivity contribution is 7.15. The van der Waals surface area contributed by atoms with Crippen LogP contribution in [0.15, 0.2) is 28.8 Å². The van der Waals surface area contributed by atoms with Crippen LogP contribution in [-0.2, 0) is 0 Å². The highest BCUT2D eigenvalue weighted by Gasteiger charge is 2.48. The quantitative estimate of drug-likeness (QED) is 0.545. The standard InChI is InChI=1S/C27H32N4O3S/c1-14-7-6-8-19(9-14)25-24(29-18(5)35-25)27(33)31-13-20-10-15(2)11-21(20)22(31)12-28-26(32)23-16(3)30-34-17(23)4/h6-9,15,20-22H,10-13H2,1-5H3,(H,28,32)/t15?,20-,21-,22+/m0/s1. The molecule has 0 spiro atoms. The van der Waals surface area contributed by atoms with Gasteiger partial charge in [0, 0.05) is 13.1 Å². The fourth-order valence-corrected chi connectivity index (χ4v) is 6.93. The first-order valence-electron chi connectivity index (χ1n) is 12.3. The summed E-state index contributed by atoms with van der Waals surface area (Å²) in [5.41, 5.74) is 3.75. The zero-order valence-electron chi connectivity index (χ0n) is 20.9. The van der Waals surface area contributed by atoms with E-state index in [1.807, 2.05) is 24.0 Å². The van der Waals surface area contributed by atoms with Gasteiger partial charge in [0.05, 0.1) is 21.6 Å². The number of aromatic nitrogens is 2. The molecule has 1 aliphatic heterocycles. The lowest BCUT2D eigenvalue weighted by Crippen LogP contribution is -2.46. The van der Waals surface area contributed by atoms with E-state index in [1.54, 1.807) is 25.2 Å². The zero-order valence-corrected chi connectivity index (χ0v) is 21.7. The van der Waals surface area contributed by atoms with E-state index < -0.39 is 0 Å². The molecule has 3 aromatic rings. The van der Waals surface area contributed by atoms with Gasteiger partial charge in [-0.15, -0.1) is 11.3 Å². The van der Waals surface area contributed by atoms with Crippen LogP contribution in [0.4, 0.5) is 0 Å². The van der Waals surface area contributed by atoms with Crippen LogP contribution in [0.3, 0.4) is 0 Å². The van der Waals surface area contributed by atoms with Crippen LogP contribution in [0.2, 0.25) is 0 Å². The van der Waals surface area contributed by atoms with Gasteiger partial charge in [0.15, 0.2) is 0 Å². The highest BCUT2D eigenvalue weighted by Crippen LogP contribution is 2.46. The fraction of sp³-hybridized carbons (Fsp3) is 0.481. The first kappa shape index (κ1) is 23.7. The molecule has 1 saturated carbocycles. The number of rotatable bonds is 5. The van der Waals surface area contributed by atoms with Gasteiger partial charge in [-0.2, -0.15) is 0 Å². The number of carbonyl (C=O) groups is 2. The zero-order chi connectivity index (χ0) is 24.9. The van der Waals surface area contributed by atoms with Crippen molar-refractivity contribution >= 4 is 23.2 Å². The van der Waals surface area contributed by atoms with Crippen molar-refractivity contribution in [2.24, 2.45) is 17.8 Å². The molecule has 2 amide bonds. The minimum atomic E-state index is -0.201. The van der Waals surface area contributed by atoms with E-state index in [1.165, 1.54) is 0 Å². The molecule has 2 aromatic heterocycles. The molecule has 0 bridgehead atoms. The van der Waals surface area contributed by atoms with E-state index in [4.69, 9.17) is 4.52 Å². The second-order valence-electron chi connectivity index (χ2n) is 10.2. The maximum Gasteiger partial charge on any atom is 0.274 e. The van der Waals surface area contributed by atoms with Crippen molar-refractivity contribution in [1.82, 2.24) is 20.4 Å². The number of aryl methyl sites for hydroxylation is 4. The number of amides is 2. The third-order valence-corrected chi connectivity index (χ3v) is 8.54. The van der Waals surface area contributed by atoms with Crippen molar-refractivity contribution in [1.29, 1.82) is 0 Å². The van der Waals surface area contributed by atoms with Gasteiger partial charge >= 0.3 is 0 Å². The molecule has 1 unspecified atom stereocenters. The summed E-state index contributed by atoms with van der Waals surface area (Å²) in [4.78, 5) is 34.5. The number of benzene rings is 1. The number of nitrogens with one attached hydrogen (secondary N) is 1. The lowest BCUT2D eigenvalue weighted by Gasteiger charge is -2.28. The Morgan fingerprint density at radius 1 is 1.20 bits per heavy atom. The molecular weight excluding hydrogens is 460 g/mol. The average Bonchev–Trinajstić information content (AvgIpc) is 3.54. The Kier molecular flexibility index (Phi) is 6.25. The second-order valence-corrected chi connectivity index (χ2v) is 11.4. The lowest BCUT2D eigenvalue weighted by atomic mass is 9.93. The number of thiazole rings is 1. The van der Waals surface area contributed by atoms with Crippen molar-refractivity contribution in [2.45, 2.75) is 53.5 Å². The Morgan fingerprint density at radius 3 is 2.71 bits per heavy atom. The second kappa shape index (κ2) is 9.22. The summed E-state index contributed by atoms with van der Waals surface area (Å²) in [6.07, 6.45) is 2.19. The Bertz CT molecular complexity index is 1260. The highest BCUT2D eigenvalue weighted by atomic mass is 32.1. The first-order chi connectivity index (χ1) is 16.7. The van der Waals surface area contributed by atoms with E-state index in [2.05, 4.69) is 41.4 Å². The van der Waals surface area contributed by atoms with Crippen LogP contribution in [0, 0.1) is 45.4 Å². The minimum Gasteiger partial charge on any atom is -0.361 e. The molecule has 1 saturated heterocycles. The SMILES string of the molecule is Cc1cccc(-c2sc(C)nc2C(=O)N2C[C@@H]3CC(C)C[C@@H]3[C@H]2CNC(=O)c2c(C)noc2C)c1. The predicted octanol–water partition coefficient (Wildman–Crippen LogP) is 4.95. The van der Waals surface area contributed by atoms with Gasteiger partial charge in [-0.25, -0.2) is 4.98 Å². The Hall–Kier alpha value is -3.00. The summed E-state index contributed by atoms with van der Waals surface area (Å²) in [6, 6.07) is 8.15. The van der Waals surface area contributed by atoms with E-state index in [9.17, 15) is 9.59 Å². The molecular formula is C27H32N4O3S. The predicted molar refractivity (Wildman–Crippen MR) is 136 cm³/mol. The topological polar surface area (TPSA) is 88.3 Å². The number of carbonyl (C=O) groups excluding carboxylic acids is 2. The summed E-state index contributed by atoms with van der Waals surface area (Å²) >= 11 is 1.56. The van der Waals surface area contributed by atoms with Gasteiger partial charge in [-0.05, 0) is 63.9 Å². The van der Waals surface area contributed by atoms with Gasteiger partial charge in [0.2, 0.25) is 0 Å². The van der Waals surface area contributed by atoms with Crippen LogP contribution in [0.25, 0.3) is 10.4 Å². The lowest BCUT2D eigenvalue weighted by molar-refractivity contribution is 0.0692. The van der Waals surface area contributed by atoms with Crippen molar-refractivity contribution in [3.05, 3.63) is 57.5 Å². The fourth-order valence-electron chi connectivity index (χ4n) is 6.02. The third kappa shape index (κ3) is 4.40. The molecule has 7 nitrogen and oxygen atoms in total. The summed E-state index contributed by atoms with van der Waals surface area (Å²) in [7, 11) is 0.